The van der Waals surface area contributed by atoms with E-state index < -0.39 is 11.9 Å². The zero-order valence-corrected chi connectivity index (χ0v) is 12.4. The molecule has 0 spiro atoms. The van der Waals surface area contributed by atoms with Gasteiger partial charge in [0.15, 0.2) is 0 Å². The van der Waals surface area contributed by atoms with Crippen LogP contribution >= 0.6 is 0 Å². The Kier molecular flexibility index (Phi) is 3.79. The Balaban J connectivity index is 1.88. The van der Waals surface area contributed by atoms with Crippen LogP contribution in [0.4, 0.5) is 0 Å². The number of amides is 1. The van der Waals surface area contributed by atoms with Gasteiger partial charge in [-0.05, 0) is 31.9 Å². The molecule has 0 aliphatic carbocycles. The number of hydrogen-bond acceptors (Lipinski definition) is 3. The van der Waals surface area contributed by atoms with Gasteiger partial charge < -0.3 is 10.0 Å². The van der Waals surface area contributed by atoms with Crippen LogP contribution < -0.4 is 0 Å². The largest absolute Gasteiger partial charge is 0.481 e. The Morgan fingerprint density at radius 3 is 2.73 bits per heavy atom. The smallest absolute Gasteiger partial charge is 0.308 e. The highest BCUT2D eigenvalue weighted by Gasteiger charge is 2.33. The van der Waals surface area contributed by atoms with Gasteiger partial charge in [-0.1, -0.05) is 24.3 Å². The molecule has 1 aliphatic rings. The molecule has 22 heavy (non-hydrogen) atoms. The number of carboxylic acids is 1. The highest BCUT2D eigenvalue weighted by atomic mass is 16.4. The van der Waals surface area contributed by atoms with E-state index in [1.807, 2.05) is 37.3 Å². The summed E-state index contributed by atoms with van der Waals surface area (Å²) in [7, 11) is 0. The Hall–Kier alpha value is -2.43. The van der Waals surface area contributed by atoms with Gasteiger partial charge in [-0.3, -0.25) is 9.59 Å². The zero-order valence-electron chi connectivity index (χ0n) is 12.4. The molecule has 1 amide bonds. The van der Waals surface area contributed by atoms with Crippen LogP contribution in [0.1, 0.15) is 30.3 Å². The fourth-order valence-electron chi connectivity index (χ4n) is 2.92. The van der Waals surface area contributed by atoms with Gasteiger partial charge in [0.05, 0.1) is 11.4 Å². The summed E-state index contributed by atoms with van der Waals surface area (Å²) in [5.74, 6) is -1.51. The Morgan fingerprint density at radius 2 is 1.95 bits per heavy atom. The quantitative estimate of drug-likeness (QED) is 0.925. The highest BCUT2D eigenvalue weighted by Crippen LogP contribution is 2.24. The number of pyridine rings is 1. The molecular weight excluding hydrogens is 280 g/mol. The van der Waals surface area contributed by atoms with Crippen LogP contribution in [0, 0.1) is 5.92 Å². The number of aromatic nitrogens is 1. The third-order valence-electron chi connectivity index (χ3n) is 4.31. The van der Waals surface area contributed by atoms with Crippen LogP contribution in [-0.2, 0) is 4.79 Å². The Labute approximate surface area is 128 Å². The molecule has 0 radical (unpaired) electrons. The number of likely N-dealkylation sites (tertiary alicyclic amines) is 1. The molecule has 1 aliphatic heterocycles. The number of fused-ring (bicyclic) bond motifs is 1. The molecule has 1 fully saturated rings. The number of hydrogen-bond donors (Lipinski definition) is 1. The maximum absolute atomic E-state index is 12.7. The van der Waals surface area contributed by atoms with Crippen molar-refractivity contribution in [1.82, 2.24) is 9.88 Å². The first-order chi connectivity index (χ1) is 10.6. The van der Waals surface area contributed by atoms with Crippen molar-refractivity contribution in [3.8, 4) is 0 Å². The number of para-hydroxylation sites is 1. The number of aliphatic carboxylic acids is 1. The second-order valence-electron chi connectivity index (χ2n) is 5.81. The van der Waals surface area contributed by atoms with Gasteiger partial charge in [0.25, 0.3) is 5.91 Å². The molecule has 3 rings (SSSR count). The van der Waals surface area contributed by atoms with Crippen molar-refractivity contribution < 1.29 is 14.7 Å². The van der Waals surface area contributed by atoms with E-state index in [4.69, 9.17) is 0 Å². The van der Waals surface area contributed by atoms with Crippen LogP contribution in [0.15, 0.2) is 36.4 Å². The number of carboxylic acid groups (broad SMARTS) is 1. The summed E-state index contributed by atoms with van der Waals surface area (Å²) in [6.07, 6.45) is 1.32. The number of nitrogens with zero attached hydrogens (tertiary/aromatic N) is 2. The molecule has 1 aromatic heterocycles. The number of rotatable bonds is 2. The van der Waals surface area contributed by atoms with E-state index in [1.54, 1.807) is 11.0 Å². The van der Waals surface area contributed by atoms with Crippen molar-refractivity contribution in [3.05, 3.63) is 42.1 Å². The Morgan fingerprint density at radius 1 is 1.18 bits per heavy atom. The van der Waals surface area contributed by atoms with Crippen LogP contribution in [0.25, 0.3) is 10.9 Å². The van der Waals surface area contributed by atoms with E-state index >= 15 is 0 Å². The molecule has 2 heterocycles. The van der Waals surface area contributed by atoms with E-state index in [0.29, 0.717) is 18.5 Å². The molecule has 5 nitrogen and oxygen atoms in total. The average Bonchev–Trinajstić information content (AvgIpc) is 2.54. The monoisotopic (exact) mass is 298 g/mol. The lowest BCUT2D eigenvalue weighted by molar-refractivity contribution is -0.143. The summed E-state index contributed by atoms with van der Waals surface area (Å²) in [5, 5.41) is 10.2. The fraction of sp³-hybridized carbons (Fsp3) is 0.353. The van der Waals surface area contributed by atoms with E-state index in [1.165, 1.54) is 0 Å². The van der Waals surface area contributed by atoms with E-state index in [0.717, 1.165) is 10.9 Å². The van der Waals surface area contributed by atoms with E-state index in [-0.39, 0.29) is 18.5 Å². The van der Waals surface area contributed by atoms with E-state index in [2.05, 4.69) is 4.98 Å². The summed E-state index contributed by atoms with van der Waals surface area (Å²) in [6.45, 7) is 2.21. The predicted molar refractivity (Wildman–Crippen MR) is 82.6 cm³/mol. The molecule has 2 atom stereocenters. The van der Waals surface area contributed by atoms with Crippen molar-refractivity contribution >= 4 is 22.8 Å². The van der Waals surface area contributed by atoms with Gasteiger partial charge in [0.1, 0.15) is 5.69 Å². The van der Waals surface area contributed by atoms with Crippen molar-refractivity contribution in [2.45, 2.75) is 25.8 Å². The fourth-order valence-corrected chi connectivity index (χ4v) is 2.92. The minimum Gasteiger partial charge on any atom is -0.481 e. The number of piperidine rings is 1. The molecule has 1 aromatic carbocycles. The number of carbonyl (C=O) groups excluding carboxylic acids is 1. The molecule has 0 bridgehead atoms. The molecule has 2 unspecified atom stereocenters. The average molecular weight is 298 g/mol. The first kappa shape index (κ1) is 14.5. The summed E-state index contributed by atoms with van der Waals surface area (Å²) < 4.78 is 0. The van der Waals surface area contributed by atoms with Gasteiger partial charge >= 0.3 is 5.97 Å². The second kappa shape index (κ2) is 5.75. The third kappa shape index (κ3) is 2.66. The van der Waals surface area contributed by atoms with Gasteiger partial charge in [-0.25, -0.2) is 4.98 Å². The van der Waals surface area contributed by atoms with Crippen molar-refractivity contribution in [3.63, 3.8) is 0 Å². The topological polar surface area (TPSA) is 70.5 Å². The van der Waals surface area contributed by atoms with Crippen LogP contribution in [0.3, 0.4) is 0 Å². The molecule has 0 saturated carbocycles. The minimum atomic E-state index is -0.837. The molecule has 1 N–H and O–H groups in total. The molecular formula is C17H18N2O3. The van der Waals surface area contributed by atoms with Crippen LogP contribution in [0.5, 0.6) is 0 Å². The van der Waals surface area contributed by atoms with Crippen LogP contribution in [-0.4, -0.2) is 39.5 Å². The maximum Gasteiger partial charge on any atom is 0.308 e. The lowest BCUT2D eigenvalue weighted by atomic mass is 9.93. The summed E-state index contributed by atoms with van der Waals surface area (Å²) in [5.41, 5.74) is 1.14. The summed E-state index contributed by atoms with van der Waals surface area (Å²) in [4.78, 5) is 29.9. The van der Waals surface area contributed by atoms with Crippen LogP contribution in [0.2, 0.25) is 0 Å². The highest BCUT2D eigenvalue weighted by molar-refractivity contribution is 5.95. The third-order valence-corrected chi connectivity index (χ3v) is 4.31. The summed E-state index contributed by atoms with van der Waals surface area (Å²) >= 11 is 0. The molecule has 2 aromatic rings. The van der Waals surface area contributed by atoms with Gasteiger partial charge in [0.2, 0.25) is 0 Å². The molecule has 1 saturated heterocycles. The standard InChI is InChI=1S/C17H18N2O3/c1-11-6-7-13(17(21)22)10-19(11)16(20)15-9-8-12-4-2-3-5-14(12)18-15/h2-5,8-9,11,13H,6-7,10H2,1H3,(H,21,22). The van der Waals surface area contributed by atoms with Gasteiger partial charge in [0, 0.05) is 18.0 Å². The van der Waals surface area contributed by atoms with Crippen molar-refractivity contribution in [2.75, 3.05) is 6.54 Å². The second-order valence-corrected chi connectivity index (χ2v) is 5.81. The summed E-state index contributed by atoms with van der Waals surface area (Å²) in [6, 6.07) is 11.2. The number of benzene rings is 1. The normalized spacial score (nSPS) is 21.8. The van der Waals surface area contributed by atoms with Crippen molar-refractivity contribution in [2.24, 2.45) is 5.92 Å². The minimum absolute atomic E-state index is 0.0383. The van der Waals surface area contributed by atoms with Crippen molar-refractivity contribution in [1.29, 1.82) is 0 Å². The maximum atomic E-state index is 12.7. The van der Waals surface area contributed by atoms with Gasteiger partial charge in [-0.15, -0.1) is 0 Å². The lowest BCUT2D eigenvalue weighted by Gasteiger charge is -2.36. The Bertz CT molecular complexity index is 729. The molecule has 5 heteroatoms. The molecule has 114 valence electrons. The SMILES string of the molecule is CC1CCC(C(=O)O)CN1C(=O)c1ccc2ccccc2n1. The first-order valence-electron chi connectivity index (χ1n) is 7.46. The predicted octanol–water partition coefficient (Wildman–Crippen LogP) is 2.56. The number of carbonyl (C=O) groups is 2. The first-order valence-corrected chi connectivity index (χ1v) is 7.46. The van der Waals surface area contributed by atoms with E-state index in [9.17, 15) is 14.7 Å². The van der Waals surface area contributed by atoms with Gasteiger partial charge in [-0.2, -0.15) is 0 Å². The zero-order chi connectivity index (χ0) is 15.7. The lowest BCUT2D eigenvalue weighted by Crippen LogP contribution is -2.47.